The number of hydrogen-bond donors (Lipinski definition) is 3. The maximum atomic E-state index is 9.91. The number of rotatable bonds is 5. The lowest BCUT2D eigenvalue weighted by Gasteiger charge is -2.17. The highest BCUT2D eigenvalue weighted by Gasteiger charge is 2.22. The topological polar surface area (TPSA) is 77.8 Å². The van der Waals surface area contributed by atoms with Crippen LogP contribution in [0.5, 0.6) is 0 Å². The molecule has 0 amide bonds. The number of carbonyl (C=O) groups is 1. The van der Waals surface area contributed by atoms with Gasteiger partial charge in [-0.25, -0.2) is 0 Å². The maximum Gasteiger partial charge on any atom is 0.151 e. The summed E-state index contributed by atoms with van der Waals surface area (Å²) >= 11 is 0. The Labute approximate surface area is 64.8 Å². The molecule has 0 saturated carbocycles. The van der Waals surface area contributed by atoms with Gasteiger partial charge in [0.05, 0.1) is 6.10 Å². The smallest absolute Gasteiger partial charge is 0.151 e. The number of carbonyl (C=O) groups excluding carboxylic acids is 1. The molecule has 0 radical (unpaired) electrons. The van der Waals surface area contributed by atoms with Gasteiger partial charge in [0.15, 0.2) is 6.29 Å². The van der Waals surface area contributed by atoms with Crippen molar-refractivity contribution >= 4 is 6.29 Å². The molecule has 0 spiro atoms. The molecule has 3 unspecified atom stereocenters. The highest BCUT2D eigenvalue weighted by Crippen LogP contribution is 2.02. The summed E-state index contributed by atoms with van der Waals surface area (Å²) in [5.74, 6) is 0. The fourth-order valence-electron chi connectivity index (χ4n) is 0.618. The van der Waals surface area contributed by atoms with E-state index in [1.807, 2.05) is 0 Å². The van der Waals surface area contributed by atoms with Gasteiger partial charge in [0.2, 0.25) is 0 Å². The van der Waals surface area contributed by atoms with E-state index in [1.54, 1.807) is 0 Å². The third kappa shape index (κ3) is 3.27. The van der Waals surface area contributed by atoms with Crippen LogP contribution in [0, 0.1) is 0 Å². The van der Waals surface area contributed by atoms with E-state index in [0.29, 0.717) is 0 Å². The minimum atomic E-state index is -1.52. The highest BCUT2D eigenvalue weighted by molar-refractivity contribution is 5.56. The van der Waals surface area contributed by atoms with Crippen LogP contribution in [0.3, 0.4) is 0 Å². The van der Waals surface area contributed by atoms with Crippen LogP contribution in [0.4, 0.5) is 0 Å². The van der Waals surface area contributed by atoms with E-state index in [2.05, 4.69) is 6.58 Å². The quantitative estimate of drug-likeness (QED) is 0.350. The van der Waals surface area contributed by atoms with Gasteiger partial charge in [-0.1, -0.05) is 6.08 Å². The molecular formula is C7H12O4. The van der Waals surface area contributed by atoms with E-state index in [0.717, 1.165) is 0 Å². The van der Waals surface area contributed by atoms with E-state index in [9.17, 15) is 4.79 Å². The number of aliphatic hydroxyl groups is 3. The molecular weight excluding hydrogens is 148 g/mol. The molecule has 64 valence electrons. The fraction of sp³-hybridized carbons (Fsp3) is 0.571. The molecule has 0 saturated heterocycles. The first kappa shape index (κ1) is 10.3. The van der Waals surface area contributed by atoms with Gasteiger partial charge in [-0.15, -0.1) is 6.58 Å². The third-order valence-corrected chi connectivity index (χ3v) is 1.29. The molecule has 0 aliphatic carbocycles. The molecule has 0 aromatic carbocycles. The van der Waals surface area contributed by atoms with Gasteiger partial charge < -0.3 is 20.1 Å². The second-order valence-corrected chi connectivity index (χ2v) is 2.21. The fourth-order valence-corrected chi connectivity index (χ4v) is 0.618. The molecule has 0 aromatic heterocycles. The minimum absolute atomic E-state index is 0.145. The molecule has 0 aliphatic heterocycles. The van der Waals surface area contributed by atoms with Gasteiger partial charge in [-0.3, -0.25) is 0 Å². The average Bonchev–Trinajstić information content (AvgIpc) is 2.02. The summed E-state index contributed by atoms with van der Waals surface area (Å²) in [4.78, 5) is 9.91. The molecule has 11 heavy (non-hydrogen) atoms. The zero-order valence-corrected chi connectivity index (χ0v) is 6.05. The van der Waals surface area contributed by atoms with Crippen LogP contribution in [-0.4, -0.2) is 39.9 Å². The van der Waals surface area contributed by atoms with E-state index < -0.39 is 18.3 Å². The van der Waals surface area contributed by atoms with Crippen LogP contribution in [0.1, 0.15) is 6.42 Å². The predicted molar refractivity (Wildman–Crippen MR) is 38.9 cm³/mol. The van der Waals surface area contributed by atoms with Gasteiger partial charge in [-0.05, 0) is 6.42 Å². The number of aliphatic hydroxyl groups excluding tert-OH is 3. The lowest BCUT2D eigenvalue weighted by molar-refractivity contribution is -0.125. The lowest BCUT2D eigenvalue weighted by atomic mass is 10.1. The van der Waals surface area contributed by atoms with Crippen LogP contribution < -0.4 is 0 Å². The first-order valence-corrected chi connectivity index (χ1v) is 3.24. The highest BCUT2D eigenvalue weighted by atomic mass is 16.4. The summed E-state index contributed by atoms with van der Waals surface area (Å²) in [6, 6.07) is 0. The number of aldehydes is 1. The van der Waals surface area contributed by atoms with Crippen LogP contribution in [0.15, 0.2) is 12.7 Å². The summed E-state index contributed by atoms with van der Waals surface area (Å²) in [6.45, 7) is 3.33. The second kappa shape index (κ2) is 5.01. The van der Waals surface area contributed by atoms with Crippen molar-refractivity contribution in [2.45, 2.75) is 24.7 Å². The molecule has 0 rings (SSSR count). The summed E-state index contributed by atoms with van der Waals surface area (Å²) in [5.41, 5.74) is 0. The predicted octanol–water partition coefficient (Wildman–Crippen LogP) is -1.16. The lowest BCUT2D eigenvalue weighted by Crippen LogP contribution is -2.37. The Morgan fingerprint density at radius 1 is 1.36 bits per heavy atom. The van der Waals surface area contributed by atoms with Crippen LogP contribution in [-0.2, 0) is 4.79 Å². The van der Waals surface area contributed by atoms with E-state index in [1.165, 1.54) is 6.08 Å². The normalized spacial score (nSPS) is 18.5. The van der Waals surface area contributed by atoms with Crippen LogP contribution in [0.2, 0.25) is 0 Å². The number of hydrogen-bond acceptors (Lipinski definition) is 4. The monoisotopic (exact) mass is 160 g/mol. The Balaban J connectivity index is 3.88. The molecule has 0 bridgehead atoms. The Morgan fingerprint density at radius 3 is 2.27 bits per heavy atom. The van der Waals surface area contributed by atoms with Crippen LogP contribution >= 0.6 is 0 Å². The first-order valence-electron chi connectivity index (χ1n) is 3.24. The Morgan fingerprint density at radius 2 is 1.91 bits per heavy atom. The van der Waals surface area contributed by atoms with Crippen molar-refractivity contribution in [3.05, 3.63) is 12.7 Å². The van der Waals surface area contributed by atoms with Crippen molar-refractivity contribution in [2.75, 3.05) is 0 Å². The van der Waals surface area contributed by atoms with Crippen molar-refractivity contribution < 1.29 is 20.1 Å². The molecule has 0 fully saturated rings. The van der Waals surface area contributed by atoms with E-state index in [-0.39, 0.29) is 12.7 Å². The minimum Gasteiger partial charge on any atom is -0.390 e. The molecule has 3 N–H and O–H groups in total. The summed E-state index contributed by atoms with van der Waals surface area (Å²) in [5, 5.41) is 26.6. The van der Waals surface area contributed by atoms with E-state index >= 15 is 0 Å². The molecule has 4 heteroatoms. The second-order valence-electron chi connectivity index (χ2n) is 2.21. The SMILES string of the molecule is C=CCC(O)C(O)C(O)C=O. The summed E-state index contributed by atoms with van der Waals surface area (Å²) in [7, 11) is 0. The van der Waals surface area contributed by atoms with Crippen molar-refractivity contribution in [3.63, 3.8) is 0 Å². The molecule has 0 aliphatic rings. The first-order chi connectivity index (χ1) is 5.13. The average molecular weight is 160 g/mol. The third-order valence-electron chi connectivity index (χ3n) is 1.29. The summed E-state index contributed by atoms with van der Waals surface area (Å²) in [6.07, 6.45) is -2.36. The molecule has 0 heterocycles. The van der Waals surface area contributed by atoms with Gasteiger partial charge >= 0.3 is 0 Å². The Bertz CT molecular complexity index is 134. The van der Waals surface area contributed by atoms with Gasteiger partial charge in [0.1, 0.15) is 12.2 Å². The molecule has 3 atom stereocenters. The van der Waals surface area contributed by atoms with Crippen molar-refractivity contribution in [1.29, 1.82) is 0 Å². The van der Waals surface area contributed by atoms with Gasteiger partial charge in [0, 0.05) is 0 Å². The summed E-state index contributed by atoms with van der Waals surface area (Å²) < 4.78 is 0. The standard InChI is InChI=1S/C7H12O4/c1-2-3-5(9)7(11)6(10)4-8/h2,4-7,9-11H,1,3H2. The van der Waals surface area contributed by atoms with Crippen LogP contribution in [0.25, 0.3) is 0 Å². The van der Waals surface area contributed by atoms with Gasteiger partial charge in [-0.2, -0.15) is 0 Å². The zero-order chi connectivity index (χ0) is 8.85. The Hall–Kier alpha value is -0.710. The van der Waals surface area contributed by atoms with Crippen molar-refractivity contribution in [2.24, 2.45) is 0 Å². The van der Waals surface area contributed by atoms with Gasteiger partial charge in [0.25, 0.3) is 0 Å². The largest absolute Gasteiger partial charge is 0.390 e. The maximum absolute atomic E-state index is 9.91. The molecule has 0 aromatic rings. The zero-order valence-electron chi connectivity index (χ0n) is 6.05. The van der Waals surface area contributed by atoms with Crippen molar-refractivity contribution in [3.8, 4) is 0 Å². The van der Waals surface area contributed by atoms with Crippen molar-refractivity contribution in [1.82, 2.24) is 0 Å². The molecule has 4 nitrogen and oxygen atoms in total. The van der Waals surface area contributed by atoms with E-state index in [4.69, 9.17) is 15.3 Å². The Kier molecular flexibility index (Phi) is 4.69.